The fourth-order valence-corrected chi connectivity index (χ4v) is 4.23. The summed E-state index contributed by atoms with van der Waals surface area (Å²) in [5.74, 6) is 0.492. The van der Waals surface area contributed by atoms with E-state index in [-0.39, 0.29) is 11.9 Å². The second-order valence-corrected chi connectivity index (χ2v) is 8.76. The highest BCUT2D eigenvalue weighted by Crippen LogP contribution is 2.21. The van der Waals surface area contributed by atoms with E-state index in [2.05, 4.69) is 25.9 Å². The van der Waals surface area contributed by atoms with Gasteiger partial charge in [-0.05, 0) is 50.3 Å². The predicted octanol–water partition coefficient (Wildman–Crippen LogP) is 3.02. The highest BCUT2D eigenvalue weighted by molar-refractivity contribution is 5.95. The van der Waals surface area contributed by atoms with Crippen LogP contribution in [0.2, 0.25) is 0 Å². The molecule has 1 aliphatic carbocycles. The molecule has 2 aliphatic rings. The monoisotopic (exact) mass is 439 g/mol. The summed E-state index contributed by atoms with van der Waals surface area (Å²) in [7, 11) is 0. The maximum Gasteiger partial charge on any atom is 0.251 e. The zero-order valence-corrected chi connectivity index (χ0v) is 18.6. The topological polar surface area (TPSA) is 108 Å². The summed E-state index contributed by atoms with van der Waals surface area (Å²) in [4.78, 5) is 21.6. The first-order chi connectivity index (χ1) is 15.6. The van der Waals surface area contributed by atoms with E-state index in [4.69, 9.17) is 4.74 Å². The highest BCUT2D eigenvalue weighted by atomic mass is 16.5. The Morgan fingerprint density at radius 1 is 1.12 bits per heavy atom. The normalized spacial score (nSPS) is 21.7. The number of ether oxygens (including phenoxy) is 1. The molecule has 172 valence electrons. The van der Waals surface area contributed by atoms with Crippen molar-refractivity contribution in [1.29, 1.82) is 0 Å². The number of aliphatic hydroxyl groups excluding tert-OH is 1. The van der Waals surface area contributed by atoms with Gasteiger partial charge < -0.3 is 25.8 Å². The van der Waals surface area contributed by atoms with Crippen LogP contribution in [0.15, 0.2) is 30.6 Å². The van der Waals surface area contributed by atoms with Crippen molar-refractivity contribution >= 4 is 17.5 Å². The van der Waals surface area contributed by atoms with Gasteiger partial charge in [0.15, 0.2) is 0 Å². The Kier molecular flexibility index (Phi) is 7.55. The molecule has 0 spiro atoms. The lowest BCUT2D eigenvalue weighted by Gasteiger charge is -2.28. The maximum atomic E-state index is 12.7. The number of aromatic nitrogens is 2. The first-order valence-electron chi connectivity index (χ1n) is 11.6. The van der Waals surface area contributed by atoms with Gasteiger partial charge in [-0.15, -0.1) is 0 Å². The lowest BCUT2D eigenvalue weighted by molar-refractivity contribution is 0.0717. The number of rotatable bonds is 7. The number of benzene rings is 1. The fraction of sp³-hybridized carbons (Fsp3) is 0.542. The molecule has 2 atom stereocenters. The zero-order valence-electron chi connectivity index (χ0n) is 18.6. The molecule has 0 unspecified atom stereocenters. The standard InChI is InChI=1S/C24H33N5O3/c1-16-6-7-18(23(31)29-20-4-2-3-5-22(20)30)12-21(16)25-13-17-14-26-24(27-15-17)28-19-8-10-32-11-9-19/h6-7,12,14-15,19-20,22,25,30H,2-5,8-11,13H2,1H3,(H,29,31)(H,26,27,28)/t20-,22-/m0/s1. The van der Waals surface area contributed by atoms with Crippen molar-refractivity contribution in [3.05, 3.63) is 47.3 Å². The zero-order chi connectivity index (χ0) is 22.3. The van der Waals surface area contributed by atoms with Crippen LogP contribution in [-0.2, 0) is 11.3 Å². The van der Waals surface area contributed by atoms with E-state index >= 15 is 0 Å². The summed E-state index contributed by atoms with van der Waals surface area (Å²) >= 11 is 0. The minimum absolute atomic E-state index is 0.147. The van der Waals surface area contributed by atoms with Gasteiger partial charge in [-0.25, -0.2) is 9.97 Å². The summed E-state index contributed by atoms with van der Waals surface area (Å²) in [6, 6.07) is 5.82. The van der Waals surface area contributed by atoms with Gasteiger partial charge in [0.05, 0.1) is 12.1 Å². The van der Waals surface area contributed by atoms with Gasteiger partial charge in [-0.1, -0.05) is 18.9 Å². The smallest absolute Gasteiger partial charge is 0.251 e. The second-order valence-electron chi connectivity index (χ2n) is 8.76. The van der Waals surface area contributed by atoms with Crippen molar-refractivity contribution in [2.45, 2.75) is 70.2 Å². The van der Waals surface area contributed by atoms with Crippen molar-refractivity contribution in [3.8, 4) is 0 Å². The summed E-state index contributed by atoms with van der Waals surface area (Å²) in [5, 5.41) is 19.9. The molecular weight excluding hydrogens is 406 g/mol. The third kappa shape index (κ3) is 5.95. The van der Waals surface area contributed by atoms with Crippen LogP contribution >= 0.6 is 0 Å². The quantitative estimate of drug-likeness (QED) is 0.525. The van der Waals surface area contributed by atoms with Crippen LogP contribution in [0.25, 0.3) is 0 Å². The molecule has 2 heterocycles. The molecule has 32 heavy (non-hydrogen) atoms. The van der Waals surface area contributed by atoms with Crippen molar-refractivity contribution in [3.63, 3.8) is 0 Å². The molecule has 2 aromatic rings. The Labute approximate surface area is 189 Å². The molecule has 1 amide bonds. The van der Waals surface area contributed by atoms with E-state index in [1.54, 1.807) is 0 Å². The van der Waals surface area contributed by atoms with Crippen molar-refractivity contribution in [1.82, 2.24) is 15.3 Å². The van der Waals surface area contributed by atoms with E-state index in [1.165, 1.54) is 0 Å². The van der Waals surface area contributed by atoms with Crippen LogP contribution in [-0.4, -0.2) is 52.4 Å². The lowest BCUT2D eigenvalue weighted by atomic mass is 9.92. The first-order valence-corrected chi connectivity index (χ1v) is 11.6. The maximum absolute atomic E-state index is 12.7. The van der Waals surface area contributed by atoms with Crippen molar-refractivity contribution < 1.29 is 14.6 Å². The van der Waals surface area contributed by atoms with Crippen molar-refractivity contribution in [2.75, 3.05) is 23.8 Å². The van der Waals surface area contributed by atoms with Gasteiger partial charge in [0, 0.05) is 55.0 Å². The number of nitrogens with zero attached hydrogens (tertiary/aromatic N) is 2. The van der Waals surface area contributed by atoms with E-state index in [1.807, 2.05) is 37.5 Å². The molecule has 8 nitrogen and oxygen atoms in total. The molecule has 0 bridgehead atoms. The summed E-state index contributed by atoms with van der Waals surface area (Å²) in [6.45, 7) is 4.12. The largest absolute Gasteiger partial charge is 0.391 e. The average Bonchev–Trinajstić information content (AvgIpc) is 2.81. The van der Waals surface area contributed by atoms with Gasteiger partial charge in [0.2, 0.25) is 5.95 Å². The number of aliphatic hydroxyl groups is 1. The van der Waals surface area contributed by atoms with E-state index < -0.39 is 6.10 Å². The van der Waals surface area contributed by atoms with Gasteiger partial charge in [-0.3, -0.25) is 4.79 Å². The minimum atomic E-state index is -0.459. The molecule has 8 heteroatoms. The van der Waals surface area contributed by atoms with E-state index in [9.17, 15) is 9.90 Å². The molecule has 0 radical (unpaired) electrons. The number of amides is 1. The Morgan fingerprint density at radius 3 is 2.62 bits per heavy atom. The third-order valence-corrected chi connectivity index (χ3v) is 6.29. The minimum Gasteiger partial charge on any atom is -0.391 e. The number of anilines is 2. The molecule has 1 saturated heterocycles. The van der Waals surface area contributed by atoms with Crippen LogP contribution in [0, 0.1) is 6.92 Å². The molecule has 4 N–H and O–H groups in total. The number of carbonyl (C=O) groups is 1. The van der Waals surface area contributed by atoms with Crippen LogP contribution in [0.3, 0.4) is 0 Å². The fourth-order valence-electron chi connectivity index (χ4n) is 4.23. The van der Waals surface area contributed by atoms with Gasteiger partial charge in [-0.2, -0.15) is 0 Å². The predicted molar refractivity (Wildman–Crippen MR) is 124 cm³/mol. The molecule has 2 fully saturated rings. The van der Waals surface area contributed by atoms with Gasteiger partial charge in [0.25, 0.3) is 5.91 Å². The SMILES string of the molecule is Cc1ccc(C(=O)N[C@H]2CCCC[C@@H]2O)cc1NCc1cnc(NC2CCOCC2)nc1. The highest BCUT2D eigenvalue weighted by Gasteiger charge is 2.25. The number of carbonyl (C=O) groups excluding carboxylic acids is 1. The summed E-state index contributed by atoms with van der Waals surface area (Å²) < 4.78 is 5.38. The van der Waals surface area contributed by atoms with Gasteiger partial charge in [0.1, 0.15) is 0 Å². The van der Waals surface area contributed by atoms with Crippen LogP contribution in [0.1, 0.15) is 60.0 Å². The summed E-state index contributed by atoms with van der Waals surface area (Å²) in [6.07, 6.45) is 8.73. The first kappa shape index (κ1) is 22.5. The number of aryl methyl sites for hydroxylation is 1. The van der Waals surface area contributed by atoms with E-state index in [0.29, 0.717) is 24.1 Å². The summed E-state index contributed by atoms with van der Waals surface area (Å²) in [5.41, 5.74) is 3.49. The Hall–Kier alpha value is -2.71. The molecule has 1 saturated carbocycles. The molecule has 4 rings (SSSR count). The lowest BCUT2D eigenvalue weighted by Crippen LogP contribution is -2.45. The number of hydrogen-bond acceptors (Lipinski definition) is 7. The Bertz CT molecular complexity index is 899. The Balaban J connectivity index is 1.33. The molecular formula is C24H33N5O3. The average molecular weight is 440 g/mol. The second kappa shape index (κ2) is 10.7. The molecule has 1 aliphatic heterocycles. The number of hydrogen-bond donors (Lipinski definition) is 4. The van der Waals surface area contributed by atoms with Crippen LogP contribution < -0.4 is 16.0 Å². The van der Waals surface area contributed by atoms with Crippen LogP contribution in [0.5, 0.6) is 0 Å². The van der Waals surface area contributed by atoms with Crippen LogP contribution in [0.4, 0.5) is 11.6 Å². The third-order valence-electron chi connectivity index (χ3n) is 6.29. The Morgan fingerprint density at radius 2 is 1.88 bits per heavy atom. The van der Waals surface area contributed by atoms with Crippen molar-refractivity contribution in [2.24, 2.45) is 0 Å². The molecule has 1 aromatic heterocycles. The number of nitrogens with one attached hydrogen (secondary N) is 3. The van der Waals surface area contributed by atoms with Gasteiger partial charge >= 0.3 is 0 Å². The molecule has 1 aromatic carbocycles. The van der Waals surface area contributed by atoms with E-state index in [0.717, 1.165) is 68.6 Å².